The van der Waals surface area contributed by atoms with Crippen LogP contribution in [-0.2, 0) is 29.2 Å². The molecule has 14 nitrogen and oxygen atoms in total. The van der Waals surface area contributed by atoms with E-state index in [0.717, 1.165) is 31.2 Å². The number of benzene rings is 3. The van der Waals surface area contributed by atoms with E-state index < -0.39 is 44.9 Å². The molecule has 0 saturated carbocycles. The van der Waals surface area contributed by atoms with Gasteiger partial charge in [0, 0.05) is 18.2 Å². The lowest BCUT2D eigenvalue weighted by Crippen LogP contribution is -2.45. The summed E-state index contributed by atoms with van der Waals surface area (Å²) in [5, 5.41) is 10.7. The Morgan fingerprint density at radius 1 is 0.979 bits per heavy atom. The maximum absolute atomic E-state index is 13.5. The standard InChI is InChI=1S/C30H33F3N6O8S/c1-5-45-25-16-20(8-15-24(25)46-17(2)3)26(36-21-9-6-19(7-10-21)27(34)35)28(41)37-38-48(43,44)23-13-11-22(12-14-23)39(18(4)40)47-29(42)30(31,32)33/h6-17,26,36,38H,5H2,1-4H3,(H3,34,35)(H,37,41). The minimum atomic E-state index is -5.39. The summed E-state index contributed by atoms with van der Waals surface area (Å²) < 4.78 is 75.5. The van der Waals surface area contributed by atoms with Gasteiger partial charge in [0.1, 0.15) is 11.9 Å². The van der Waals surface area contributed by atoms with Crippen molar-refractivity contribution in [3.63, 3.8) is 0 Å². The molecule has 0 fully saturated rings. The lowest BCUT2D eigenvalue weighted by atomic mass is 10.0. The molecule has 258 valence electrons. The molecule has 0 aliphatic rings. The number of ether oxygens (including phenoxy) is 2. The zero-order valence-electron chi connectivity index (χ0n) is 26.0. The van der Waals surface area contributed by atoms with Crippen LogP contribution in [0.1, 0.15) is 44.9 Å². The third-order valence-electron chi connectivity index (χ3n) is 6.11. The second kappa shape index (κ2) is 15.5. The van der Waals surface area contributed by atoms with Gasteiger partial charge in [0.15, 0.2) is 11.5 Å². The van der Waals surface area contributed by atoms with Crippen LogP contribution in [0.15, 0.2) is 71.6 Å². The first kappa shape index (κ1) is 37.1. The van der Waals surface area contributed by atoms with Gasteiger partial charge in [-0.2, -0.15) is 13.2 Å². The molecule has 0 aliphatic carbocycles. The zero-order valence-corrected chi connectivity index (χ0v) is 26.9. The summed E-state index contributed by atoms with van der Waals surface area (Å²) in [4.78, 5) is 42.2. The van der Waals surface area contributed by atoms with E-state index in [9.17, 15) is 36.0 Å². The second-order valence-electron chi connectivity index (χ2n) is 10.2. The number of anilines is 2. The molecule has 1 unspecified atom stereocenters. The highest BCUT2D eigenvalue weighted by Gasteiger charge is 2.43. The molecule has 0 heterocycles. The van der Waals surface area contributed by atoms with Crippen molar-refractivity contribution >= 4 is 45.0 Å². The molecule has 3 aromatic rings. The van der Waals surface area contributed by atoms with E-state index in [1.165, 1.54) is 0 Å². The minimum Gasteiger partial charge on any atom is -0.490 e. The third-order valence-corrected chi connectivity index (χ3v) is 7.38. The van der Waals surface area contributed by atoms with Gasteiger partial charge in [0.2, 0.25) is 0 Å². The van der Waals surface area contributed by atoms with Gasteiger partial charge in [-0.3, -0.25) is 20.4 Å². The molecule has 0 saturated heterocycles. The lowest BCUT2D eigenvalue weighted by molar-refractivity contribution is -0.201. The van der Waals surface area contributed by atoms with E-state index in [4.69, 9.17) is 20.6 Å². The lowest BCUT2D eigenvalue weighted by Gasteiger charge is -2.22. The first-order valence-electron chi connectivity index (χ1n) is 14.1. The highest BCUT2D eigenvalue weighted by molar-refractivity contribution is 7.89. The van der Waals surface area contributed by atoms with Crippen LogP contribution in [0, 0.1) is 5.41 Å². The molecular formula is C30H33F3N6O8S. The van der Waals surface area contributed by atoms with Crippen molar-refractivity contribution in [2.75, 3.05) is 17.0 Å². The Labute approximate surface area is 273 Å². The fourth-order valence-electron chi connectivity index (χ4n) is 3.98. The molecule has 3 rings (SSSR count). The number of nitrogen functional groups attached to an aromatic ring is 1. The number of alkyl halides is 3. The average molecular weight is 695 g/mol. The van der Waals surface area contributed by atoms with Crippen molar-refractivity contribution in [1.82, 2.24) is 10.3 Å². The van der Waals surface area contributed by atoms with Crippen molar-refractivity contribution in [2.45, 2.75) is 50.9 Å². The Balaban J connectivity index is 1.88. The second-order valence-corrected chi connectivity index (χ2v) is 11.8. The highest BCUT2D eigenvalue weighted by Crippen LogP contribution is 2.33. The van der Waals surface area contributed by atoms with E-state index in [2.05, 4.69) is 15.6 Å². The SMILES string of the molecule is CCOc1cc(C(Nc2ccc(C(=N)N)cc2)C(=O)NNS(=O)(=O)c2ccc(N(OC(=O)C(F)(F)F)C(C)=O)cc2)ccc1OC(C)C. The van der Waals surface area contributed by atoms with Gasteiger partial charge in [0.25, 0.3) is 21.8 Å². The van der Waals surface area contributed by atoms with E-state index in [0.29, 0.717) is 28.3 Å². The monoisotopic (exact) mass is 694 g/mol. The predicted molar refractivity (Wildman–Crippen MR) is 167 cm³/mol. The van der Waals surface area contributed by atoms with Crippen LogP contribution < -0.4 is 35.8 Å². The number of amidine groups is 1. The summed E-state index contributed by atoms with van der Waals surface area (Å²) >= 11 is 0. The molecule has 6 N–H and O–H groups in total. The summed E-state index contributed by atoms with van der Waals surface area (Å²) in [7, 11) is -4.49. The summed E-state index contributed by atoms with van der Waals surface area (Å²) in [6.07, 6.45) is -5.57. The number of carbonyl (C=O) groups excluding carboxylic acids is 3. The molecule has 3 aromatic carbocycles. The zero-order chi connectivity index (χ0) is 35.8. The number of amides is 2. The van der Waals surface area contributed by atoms with Crippen LogP contribution in [-0.4, -0.2) is 50.9 Å². The predicted octanol–water partition coefficient (Wildman–Crippen LogP) is 3.69. The van der Waals surface area contributed by atoms with Gasteiger partial charge in [-0.15, -0.1) is 9.89 Å². The fourth-order valence-corrected chi connectivity index (χ4v) is 4.83. The van der Waals surface area contributed by atoms with E-state index in [1.54, 1.807) is 49.4 Å². The number of halogens is 3. The largest absolute Gasteiger partial charge is 0.493 e. The molecule has 0 radical (unpaired) electrons. The van der Waals surface area contributed by atoms with Gasteiger partial charge in [-0.1, -0.05) is 6.07 Å². The number of nitrogens with two attached hydrogens (primary N) is 1. The summed E-state index contributed by atoms with van der Waals surface area (Å²) in [6, 6.07) is 13.4. The van der Waals surface area contributed by atoms with Gasteiger partial charge < -0.3 is 25.4 Å². The Kier molecular flexibility index (Phi) is 12.0. The first-order valence-corrected chi connectivity index (χ1v) is 15.6. The number of nitrogens with zero attached hydrogens (tertiary/aromatic N) is 1. The van der Waals surface area contributed by atoms with Crippen molar-refractivity contribution in [3.8, 4) is 11.5 Å². The Hall–Kier alpha value is -5.36. The third kappa shape index (κ3) is 9.82. The number of hydrazine groups is 1. The number of carbonyl (C=O) groups is 3. The van der Waals surface area contributed by atoms with Crippen LogP contribution in [0.2, 0.25) is 0 Å². The Morgan fingerprint density at radius 2 is 1.60 bits per heavy atom. The maximum Gasteiger partial charge on any atom is 0.493 e. The van der Waals surface area contributed by atoms with Crippen molar-refractivity contribution < 1.29 is 50.3 Å². The molecule has 18 heteroatoms. The molecule has 0 aliphatic heterocycles. The topological polar surface area (TPSA) is 202 Å². The number of nitrogens with one attached hydrogen (secondary N) is 4. The number of hydroxylamine groups is 1. The van der Waals surface area contributed by atoms with Gasteiger partial charge >= 0.3 is 12.1 Å². The van der Waals surface area contributed by atoms with Crippen LogP contribution in [0.25, 0.3) is 0 Å². The number of hydrogen-bond acceptors (Lipinski definition) is 10. The molecule has 0 spiro atoms. The Bertz CT molecular complexity index is 1750. The summed E-state index contributed by atoms with van der Waals surface area (Å²) in [6.45, 7) is 6.53. The molecule has 1 atom stereocenters. The van der Waals surface area contributed by atoms with Crippen molar-refractivity contribution in [1.29, 1.82) is 5.41 Å². The van der Waals surface area contributed by atoms with Crippen molar-refractivity contribution in [2.24, 2.45) is 5.73 Å². The van der Waals surface area contributed by atoms with Crippen LogP contribution in [0.3, 0.4) is 0 Å². The molecule has 0 aromatic heterocycles. The number of rotatable bonds is 13. The number of sulfonamides is 1. The molecule has 2 amide bonds. The molecule has 48 heavy (non-hydrogen) atoms. The summed E-state index contributed by atoms with van der Waals surface area (Å²) in [5.74, 6) is -4.05. The minimum absolute atomic E-state index is 0.0502. The normalized spacial score (nSPS) is 12.1. The number of hydrogen-bond donors (Lipinski definition) is 5. The van der Waals surface area contributed by atoms with E-state index >= 15 is 0 Å². The highest BCUT2D eigenvalue weighted by atomic mass is 32.2. The fraction of sp³-hybridized carbons (Fsp3) is 0.267. The van der Waals surface area contributed by atoms with Crippen LogP contribution >= 0.6 is 0 Å². The van der Waals surface area contributed by atoms with E-state index in [-0.39, 0.29) is 29.3 Å². The van der Waals surface area contributed by atoms with Gasteiger partial charge in [0.05, 0.1) is 23.3 Å². The van der Waals surface area contributed by atoms with Gasteiger partial charge in [-0.05, 0) is 87.0 Å². The molecule has 0 bridgehead atoms. The maximum atomic E-state index is 13.5. The smallest absolute Gasteiger partial charge is 0.490 e. The van der Waals surface area contributed by atoms with Crippen LogP contribution in [0.5, 0.6) is 11.5 Å². The first-order chi connectivity index (χ1) is 22.4. The summed E-state index contributed by atoms with van der Waals surface area (Å²) in [5.41, 5.74) is 8.49. The molecular weight excluding hydrogens is 661 g/mol. The van der Waals surface area contributed by atoms with Gasteiger partial charge in [-0.25, -0.2) is 13.2 Å². The van der Waals surface area contributed by atoms with Crippen molar-refractivity contribution in [3.05, 3.63) is 77.9 Å². The Morgan fingerprint density at radius 3 is 2.12 bits per heavy atom. The quantitative estimate of drug-likeness (QED) is 0.0998. The average Bonchev–Trinajstić information content (AvgIpc) is 3.01. The van der Waals surface area contributed by atoms with E-state index in [1.807, 2.05) is 18.7 Å². The van der Waals surface area contributed by atoms with Crippen LogP contribution in [0.4, 0.5) is 24.5 Å².